The fourth-order valence-electron chi connectivity index (χ4n) is 1.92. The Hall–Kier alpha value is -1.51. The number of hydrogen-bond donors (Lipinski definition) is 0. The van der Waals surface area contributed by atoms with Crippen molar-refractivity contribution in [1.29, 1.82) is 0 Å². The van der Waals surface area contributed by atoms with Crippen LogP contribution in [0.1, 0.15) is 18.1 Å². The number of ether oxygens (including phenoxy) is 2. The van der Waals surface area contributed by atoms with Gasteiger partial charge >= 0.3 is 0 Å². The number of carbonyl (C=O) groups is 1. The van der Waals surface area contributed by atoms with E-state index in [-0.39, 0.29) is 6.10 Å². The van der Waals surface area contributed by atoms with Gasteiger partial charge in [0.25, 0.3) is 0 Å². The number of carbonyl (C=O) groups excluding carboxylic acids is 1. The number of aldehydes is 1. The normalized spacial score (nSPS) is 18.1. The Balaban J connectivity index is 2.40. The molecular formula is C12H14O3. The molecule has 0 bridgehead atoms. The molecule has 1 aromatic rings. The average Bonchev–Trinajstić information content (AvgIpc) is 2.56. The van der Waals surface area contributed by atoms with Gasteiger partial charge in [0, 0.05) is 24.0 Å². The smallest absolute Gasteiger partial charge is 0.124 e. The highest BCUT2D eigenvalue weighted by atomic mass is 16.5. The third-order valence-corrected chi connectivity index (χ3v) is 2.60. The molecule has 1 heterocycles. The Kier molecular flexibility index (Phi) is 2.62. The second-order valence-electron chi connectivity index (χ2n) is 3.78. The highest BCUT2D eigenvalue weighted by Crippen LogP contribution is 2.34. The van der Waals surface area contributed by atoms with Crippen molar-refractivity contribution in [3.63, 3.8) is 0 Å². The van der Waals surface area contributed by atoms with E-state index in [9.17, 15) is 4.79 Å². The van der Waals surface area contributed by atoms with Crippen molar-refractivity contribution in [3.05, 3.63) is 23.3 Å². The fourth-order valence-corrected chi connectivity index (χ4v) is 1.92. The third-order valence-electron chi connectivity index (χ3n) is 2.60. The Morgan fingerprint density at radius 3 is 3.07 bits per heavy atom. The summed E-state index contributed by atoms with van der Waals surface area (Å²) in [5, 5.41) is 0. The van der Waals surface area contributed by atoms with E-state index in [1.807, 2.05) is 19.1 Å². The molecule has 1 aromatic carbocycles. The van der Waals surface area contributed by atoms with E-state index in [0.29, 0.717) is 6.42 Å². The molecule has 0 saturated heterocycles. The molecule has 0 fully saturated rings. The van der Waals surface area contributed by atoms with Gasteiger partial charge in [0.2, 0.25) is 0 Å². The minimum Gasteiger partial charge on any atom is -0.496 e. The van der Waals surface area contributed by atoms with E-state index >= 15 is 0 Å². The lowest BCUT2D eigenvalue weighted by molar-refractivity contribution is -0.107. The maximum Gasteiger partial charge on any atom is 0.124 e. The minimum absolute atomic E-state index is 0.219. The molecule has 80 valence electrons. The lowest BCUT2D eigenvalue weighted by Gasteiger charge is -2.08. The SMILES string of the molecule is COc1cc2c(cc1CC=O)OC(C)C2. The van der Waals surface area contributed by atoms with Crippen molar-refractivity contribution in [2.75, 3.05) is 7.11 Å². The lowest BCUT2D eigenvalue weighted by atomic mass is 10.0. The van der Waals surface area contributed by atoms with Crippen molar-refractivity contribution in [2.45, 2.75) is 25.9 Å². The van der Waals surface area contributed by atoms with Crippen LogP contribution in [-0.2, 0) is 17.6 Å². The fraction of sp³-hybridized carbons (Fsp3) is 0.417. The number of benzene rings is 1. The van der Waals surface area contributed by atoms with Crippen LogP contribution in [0.25, 0.3) is 0 Å². The van der Waals surface area contributed by atoms with Gasteiger partial charge in [0.15, 0.2) is 0 Å². The molecule has 0 spiro atoms. The number of hydrogen-bond acceptors (Lipinski definition) is 3. The zero-order valence-corrected chi connectivity index (χ0v) is 8.95. The Bertz CT molecular complexity index is 385. The summed E-state index contributed by atoms with van der Waals surface area (Å²) in [6.07, 6.45) is 2.38. The highest BCUT2D eigenvalue weighted by Gasteiger charge is 2.21. The largest absolute Gasteiger partial charge is 0.496 e. The van der Waals surface area contributed by atoms with Gasteiger partial charge in [-0.05, 0) is 19.1 Å². The summed E-state index contributed by atoms with van der Waals surface area (Å²) in [5.74, 6) is 1.67. The Morgan fingerprint density at radius 1 is 1.60 bits per heavy atom. The van der Waals surface area contributed by atoms with Gasteiger partial charge in [-0.15, -0.1) is 0 Å². The summed E-state index contributed by atoms with van der Waals surface area (Å²) in [5.41, 5.74) is 2.05. The Morgan fingerprint density at radius 2 is 2.40 bits per heavy atom. The molecule has 1 atom stereocenters. The van der Waals surface area contributed by atoms with Crippen LogP contribution in [0.2, 0.25) is 0 Å². The summed E-state index contributed by atoms with van der Waals surface area (Å²) < 4.78 is 10.9. The van der Waals surface area contributed by atoms with E-state index in [1.165, 1.54) is 0 Å². The van der Waals surface area contributed by atoms with E-state index in [4.69, 9.17) is 9.47 Å². The molecule has 1 aliphatic rings. The minimum atomic E-state index is 0.219. The molecule has 1 aliphatic heterocycles. The molecule has 0 radical (unpaired) electrons. The summed E-state index contributed by atoms with van der Waals surface area (Å²) in [6, 6.07) is 3.88. The molecule has 3 nitrogen and oxygen atoms in total. The van der Waals surface area contributed by atoms with Gasteiger partial charge < -0.3 is 14.3 Å². The van der Waals surface area contributed by atoms with Crippen LogP contribution in [0.3, 0.4) is 0 Å². The van der Waals surface area contributed by atoms with Gasteiger partial charge in [-0.2, -0.15) is 0 Å². The van der Waals surface area contributed by atoms with Crippen molar-refractivity contribution in [2.24, 2.45) is 0 Å². The molecule has 15 heavy (non-hydrogen) atoms. The van der Waals surface area contributed by atoms with E-state index < -0.39 is 0 Å². The maximum absolute atomic E-state index is 10.5. The zero-order chi connectivity index (χ0) is 10.8. The number of methoxy groups -OCH3 is 1. The molecule has 2 rings (SSSR count). The molecule has 0 saturated carbocycles. The summed E-state index contributed by atoms with van der Waals surface area (Å²) in [7, 11) is 1.62. The quantitative estimate of drug-likeness (QED) is 0.707. The Labute approximate surface area is 89.0 Å². The van der Waals surface area contributed by atoms with Crippen molar-refractivity contribution >= 4 is 6.29 Å². The first-order valence-electron chi connectivity index (χ1n) is 5.04. The van der Waals surface area contributed by atoms with Crippen LogP contribution in [0, 0.1) is 0 Å². The highest BCUT2D eigenvalue weighted by molar-refractivity contribution is 5.60. The van der Waals surface area contributed by atoms with E-state index in [1.54, 1.807) is 7.11 Å². The van der Waals surface area contributed by atoms with E-state index in [0.717, 1.165) is 35.3 Å². The lowest BCUT2D eigenvalue weighted by Crippen LogP contribution is -2.05. The predicted octanol–water partition coefficient (Wildman–Crippen LogP) is 1.76. The first-order valence-corrected chi connectivity index (χ1v) is 5.04. The van der Waals surface area contributed by atoms with Crippen LogP contribution < -0.4 is 9.47 Å². The third kappa shape index (κ3) is 1.82. The molecule has 1 unspecified atom stereocenters. The first-order chi connectivity index (χ1) is 7.24. The maximum atomic E-state index is 10.5. The van der Waals surface area contributed by atoms with Gasteiger partial charge in [-0.1, -0.05) is 0 Å². The molecule has 0 amide bonds. The van der Waals surface area contributed by atoms with E-state index in [2.05, 4.69) is 0 Å². The van der Waals surface area contributed by atoms with Gasteiger partial charge in [0.1, 0.15) is 23.9 Å². The standard InChI is InChI=1S/C12H14O3/c1-8-5-10-7-11(14-2)9(3-4-13)6-12(10)15-8/h4,6-8H,3,5H2,1-2H3. The van der Waals surface area contributed by atoms with Gasteiger partial charge in [-0.25, -0.2) is 0 Å². The van der Waals surface area contributed by atoms with Gasteiger partial charge in [-0.3, -0.25) is 0 Å². The summed E-state index contributed by atoms with van der Waals surface area (Å²) in [4.78, 5) is 10.5. The molecular weight excluding hydrogens is 192 g/mol. The zero-order valence-electron chi connectivity index (χ0n) is 8.95. The van der Waals surface area contributed by atoms with Crippen LogP contribution in [0.4, 0.5) is 0 Å². The molecule has 0 aliphatic carbocycles. The van der Waals surface area contributed by atoms with Crippen molar-refractivity contribution in [1.82, 2.24) is 0 Å². The van der Waals surface area contributed by atoms with Crippen LogP contribution in [-0.4, -0.2) is 19.5 Å². The van der Waals surface area contributed by atoms with Crippen LogP contribution >= 0.6 is 0 Å². The van der Waals surface area contributed by atoms with Crippen LogP contribution in [0.5, 0.6) is 11.5 Å². The van der Waals surface area contributed by atoms with Gasteiger partial charge in [0.05, 0.1) is 7.11 Å². The second-order valence-corrected chi connectivity index (χ2v) is 3.78. The summed E-state index contributed by atoms with van der Waals surface area (Å²) in [6.45, 7) is 2.03. The van der Waals surface area contributed by atoms with Crippen LogP contribution in [0.15, 0.2) is 12.1 Å². The second kappa shape index (κ2) is 3.93. The molecule has 0 N–H and O–H groups in total. The topological polar surface area (TPSA) is 35.5 Å². The monoisotopic (exact) mass is 206 g/mol. The molecule has 0 aromatic heterocycles. The predicted molar refractivity (Wildman–Crippen MR) is 56.6 cm³/mol. The average molecular weight is 206 g/mol. The number of fused-ring (bicyclic) bond motifs is 1. The molecule has 3 heteroatoms. The first kappa shape index (κ1) is 10.0. The number of rotatable bonds is 3. The van der Waals surface area contributed by atoms with Crippen molar-refractivity contribution in [3.8, 4) is 11.5 Å². The summed E-state index contributed by atoms with van der Waals surface area (Å²) >= 11 is 0. The van der Waals surface area contributed by atoms with Crippen molar-refractivity contribution < 1.29 is 14.3 Å².